The van der Waals surface area contributed by atoms with Crippen LogP contribution in [0, 0.1) is 0 Å². The van der Waals surface area contributed by atoms with Crippen molar-refractivity contribution in [3.63, 3.8) is 0 Å². The SMILES string of the molecule is COC(=O)c1ccc(C(O)C2Cc3ccccc3S2)o1. The molecular formula is C15H14O4S. The Bertz CT molecular complexity index is 609. The third-order valence-electron chi connectivity index (χ3n) is 3.33. The van der Waals surface area contributed by atoms with Crippen LogP contribution in [0.15, 0.2) is 45.7 Å². The van der Waals surface area contributed by atoms with Gasteiger partial charge in [0.2, 0.25) is 5.76 Å². The van der Waals surface area contributed by atoms with Crippen molar-refractivity contribution in [3.05, 3.63) is 53.5 Å². The third-order valence-corrected chi connectivity index (χ3v) is 4.71. The van der Waals surface area contributed by atoms with Crippen LogP contribution in [0.1, 0.15) is 28.0 Å². The molecule has 2 aromatic rings. The highest BCUT2D eigenvalue weighted by molar-refractivity contribution is 8.00. The van der Waals surface area contributed by atoms with Gasteiger partial charge < -0.3 is 14.3 Å². The zero-order chi connectivity index (χ0) is 14.1. The lowest BCUT2D eigenvalue weighted by Crippen LogP contribution is -2.13. The molecule has 0 fully saturated rings. The van der Waals surface area contributed by atoms with E-state index in [4.69, 9.17) is 4.42 Å². The van der Waals surface area contributed by atoms with Gasteiger partial charge in [-0.2, -0.15) is 0 Å². The molecule has 0 saturated carbocycles. The minimum absolute atomic E-state index is 0.00375. The summed E-state index contributed by atoms with van der Waals surface area (Å²) in [6.07, 6.45) is 0.0433. The van der Waals surface area contributed by atoms with Gasteiger partial charge in [0.25, 0.3) is 0 Å². The molecule has 1 aromatic heterocycles. The number of esters is 1. The number of fused-ring (bicyclic) bond motifs is 1. The second-order valence-corrected chi connectivity index (χ2v) is 5.89. The predicted molar refractivity (Wildman–Crippen MR) is 74.8 cm³/mol. The summed E-state index contributed by atoms with van der Waals surface area (Å²) in [4.78, 5) is 12.5. The number of aliphatic hydroxyl groups excluding tert-OH is 1. The Morgan fingerprint density at radius 2 is 2.20 bits per heavy atom. The number of methoxy groups -OCH3 is 1. The van der Waals surface area contributed by atoms with Gasteiger partial charge in [0.05, 0.1) is 7.11 Å². The van der Waals surface area contributed by atoms with Crippen molar-refractivity contribution in [2.24, 2.45) is 0 Å². The van der Waals surface area contributed by atoms with Crippen LogP contribution in [0.4, 0.5) is 0 Å². The smallest absolute Gasteiger partial charge is 0.373 e. The Balaban J connectivity index is 1.76. The molecule has 104 valence electrons. The highest BCUT2D eigenvalue weighted by Gasteiger charge is 2.31. The Hall–Kier alpha value is -1.72. The van der Waals surface area contributed by atoms with Crippen molar-refractivity contribution in [1.29, 1.82) is 0 Å². The van der Waals surface area contributed by atoms with E-state index in [2.05, 4.69) is 16.9 Å². The topological polar surface area (TPSA) is 59.7 Å². The summed E-state index contributed by atoms with van der Waals surface area (Å²) in [7, 11) is 1.30. The quantitative estimate of drug-likeness (QED) is 0.881. The van der Waals surface area contributed by atoms with E-state index >= 15 is 0 Å². The number of carbonyl (C=O) groups is 1. The number of ether oxygens (including phenoxy) is 1. The molecule has 0 saturated heterocycles. The predicted octanol–water partition coefficient (Wildman–Crippen LogP) is 2.82. The molecule has 1 aliphatic heterocycles. The van der Waals surface area contributed by atoms with Crippen LogP contribution in [0.5, 0.6) is 0 Å². The molecule has 4 nitrogen and oxygen atoms in total. The first-order valence-electron chi connectivity index (χ1n) is 6.29. The molecule has 0 aliphatic carbocycles. The number of hydrogen-bond donors (Lipinski definition) is 1. The van der Waals surface area contributed by atoms with Gasteiger partial charge in [-0.15, -0.1) is 11.8 Å². The second-order valence-electron chi connectivity index (χ2n) is 4.61. The van der Waals surface area contributed by atoms with E-state index in [1.807, 2.05) is 12.1 Å². The molecule has 3 rings (SSSR count). The summed E-state index contributed by atoms with van der Waals surface area (Å²) in [5.74, 6) is -0.0245. The average Bonchev–Trinajstić information content (AvgIpc) is 3.12. The lowest BCUT2D eigenvalue weighted by Gasteiger charge is -2.14. The van der Waals surface area contributed by atoms with Crippen LogP contribution in [-0.4, -0.2) is 23.4 Å². The summed E-state index contributed by atoms with van der Waals surface area (Å²) < 4.78 is 9.96. The first-order chi connectivity index (χ1) is 9.69. The molecular weight excluding hydrogens is 276 g/mol. The summed E-state index contributed by atoms with van der Waals surface area (Å²) >= 11 is 1.64. The summed E-state index contributed by atoms with van der Waals surface area (Å²) in [6.45, 7) is 0. The Morgan fingerprint density at radius 1 is 1.40 bits per heavy atom. The fourth-order valence-electron chi connectivity index (χ4n) is 2.29. The number of carbonyl (C=O) groups excluding carboxylic acids is 1. The number of hydrogen-bond acceptors (Lipinski definition) is 5. The lowest BCUT2D eigenvalue weighted by atomic mass is 10.1. The molecule has 0 spiro atoms. The average molecular weight is 290 g/mol. The molecule has 2 heterocycles. The first kappa shape index (κ1) is 13.3. The van der Waals surface area contributed by atoms with Crippen molar-refractivity contribution in [2.45, 2.75) is 22.7 Å². The molecule has 1 aromatic carbocycles. The number of benzene rings is 1. The van der Waals surface area contributed by atoms with Crippen LogP contribution in [0.3, 0.4) is 0 Å². The van der Waals surface area contributed by atoms with Crippen LogP contribution in [0.2, 0.25) is 0 Å². The first-order valence-corrected chi connectivity index (χ1v) is 7.17. The number of furan rings is 1. The van der Waals surface area contributed by atoms with Gasteiger partial charge in [0.1, 0.15) is 11.9 Å². The molecule has 1 aliphatic rings. The zero-order valence-corrected chi connectivity index (χ0v) is 11.7. The van der Waals surface area contributed by atoms with Crippen LogP contribution < -0.4 is 0 Å². The van der Waals surface area contributed by atoms with Gasteiger partial charge >= 0.3 is 5.97 Å². The number of rotatable bonds is 3. The minimum atomic E-state index is -0.745. The Labute approximate surface area is 120 Å². The van der Waals surface area contributed by atoms with Crippen molar-refractivity contribution < 1.29 is 19.1 Å². The van der Waals surface area contributed by atoms with Crippen LogP contribution >= 0.6 is 11.8 Å². The maximum atomic E-state index is 11.3. The summed E-state index contributed by atoms with van der Waals surface area (Å²) in [6, 6.07) is 11.3. The standard InChI is InChI=1S/C15H14O4S/c1-18-15(17)11-7-6-10(19-11)14(16)13-8-9-4-2-3-5-12(9)20-13/h2-7,13-14,16H,8H2,1H3. The van der Waals surface area contributed by atoms with Gasteiger partial charge in [-0.3, -0.25) is 0 Å². The Kier molecular flexibility index (Phi) is 3.54. The Morgan fingerprint density at radius 3 is 2.95 bits per heavy atom. The molecule has 2 unspecified atom stereocenters. The van der Waals surface area contributed by atoms with Gasteiger partial charge in [0.15, 0.2) is 0 Å². The summed E-state index contributed by atoms with van der Waals surface area (Å²) in [5.41, 5.74) is 1.24. The normalized spacial score (nSPS) is 18.6. The van der Waals surface area contributed by atoms with Crippen LogP contribution in [-0.2, 0) is 11.2 Å². The van der Waals surface area contributed by atoms with E-state index in [0.717, 1.165) is 6.42 Å². The monoisotopic (exact) mass is 290 g/mol. The number of thioether (sulfide) groups is 1. The van der Waals surface area contributed by atoms with E-state index in [0.29, 0.717) is 5.76 Å². The molecule has 0 bridgehead atoms. The fraction of sp³-hybridized carbons (Fsp3) is 0.267. The van der Waals surface area contributed by atoms with E-state index in [-0.39, 0.29) is 11.0 Å². The molecule has 0 radical (unpaired) electrons. The largest absolute Gasteiger partial charge is 0.463 e. The number of aliphatic hydroxyl groups is 1. The van der Waals surface area contributed by atoms with Crippen molar-refractivity contribution in [2.75, 3.05) is 7.11 Å². The van der Waals surface area contributed by atoms with Crippen molar-refractivity contribution in [3.8, 4) is 0 Å². The van der Waals surface area contributed by atoms with Crippen LogP contribution in [0.25, 0.3) is 0 Å². The lowest BCUT2D eigenvalue weighted by molar-refractivity contribution is 0.0554. The molecule has 20 heavy (non-hydrogen) atoms. The molecule has 1 N–H and O–H groups in total. The van der Waals surface area contributed by atoms with E-state index in [9.17, 15) is 9.90 Å². The zero-order valence-electron chi connectivity index (χ0n) is 10.9. The maximum Gasteiger partial charge on any atom is 0.373 e. The molecule has 0 amide bonds. The van der Waals surface area contributed by atoms with Gasteiger partial charge in [-0.05, 0) is 30.2 Å². The maximum absolute atomic E-state index is 11.3. The van der Waals surface area contributed by atoms with Gasteiger partial charge in [-0.25, -0.2) is 4.79 Å². The fourth-order valence-corrected chi connectivity index (χ4v) is 3.60. The third kappa shape index (κ3) is 2.34. The van der Waals surface area contributed by atoms with Gasteiger partial charge in [-0.1, -0.05) is 18.2 Å². The molecule has 2 atom stereocenters. The highest BCUT2D eigenvalue weighted by atomic mass is 32.2. The second kappa shape index (κ2) is 5.34. The van der Waals surface area contributed by atoms with Gasteiger partial charge in [0, 0.05) is 10.1 Å². The van der Waals surface area contributed by atoms with E-state index < -0.39 is 12.1 Å². The van der Waals surface area contributed by atoms with E-state index in [1.54, 1.807) is 17.8 Å². The van der Waals surface area contributed by atoms with Crippen molar-refractivity contribution in [1.82, 2.24) is 0 Å². The summed E-state index contributed by atoms with van der Waals surface area (Å²) in [5, 5.41) is 10.4. The highest BCUT2D eigenvalue weighted by Crippen LogP contribution is 2.42. The van der Waals surface area contributed by atoms with E-state index in [1.165, 1.54) is 23.6 Å². The van der Waals surface area contributed by atoms with Crippen molar-refractivity contribution >= 4 is 17.7 Å². The molecule has 5 heteroatoms. The minimum Gasteiger partial charge on any atom is -0.463 e.